The zero-order valence-corrected chi connectivity index (χ0v) is 12.4. The van der Waals surface area contributed by atoms with Crippen LogP contribution in [0.4, 0.5) is 10.4 Å². The number of halogens is 1. The normalized spacial score (nSPS) is 10.5. The van der Waals surface area contributed by atoms with E-state index in [-0.39, 0.29) is 17.7 Å². The number of carbonyl (C=O) groups excluding carboxylic acids is 1. The third kappa shape index (κ3) is 3.79. The molecule has 3 aromatic rings. The highest BCUT2D eigenvalue weighted by Gasteiger charge is 2.12. The predicted octanol–water partition coefficient (Wildman–Crippen LogP) is 3.36. The van der Waals surface area contributed by atoms with Crippen molar-refractivity contribution in [3.8, 4) is 0 Å². The van der Waals surface area contributed by atoms with Crippen LogP contribution in [-0.4, -0.2) is 16.1 Å². The fraction of sp³-hybridized carbons (Fsp3) is 0.118. The van der Waals surface area contributed by atoms with Gasteiger partial charge in [-0.25, -0.2) is 4.39 Å². The number of hydrogen-bond donors (Lipinski definition) is 1. The van der Waals surface area contributed by atoms with Gasteiger partial charge in [0.05, 0.1) is 6.42 Å². The predicted molar refractivity (Wildman–Crippen MR) is 82.6 cm³/mol. The molecule has 0 saturated heterocycles. The second-order valence-electron chi connectivity index (χ2n) is 5.12. The van der Waals surface area contributed by atoms with Gasteiger partial charge in [-0.05, 0) is 36.8 Å². The van der Waals surface area contributed by atoms with Gasteiger partial charge in [-0.2, -0.15) is 0 Å². The van der Waals surface area contributed by atoms with E-state index in [4.69, 9.17) is 4.42 Å². The van der Waals surface area contributed by atoms with Gasteiger partial charge in [-0.15, -0.1) is 5.10 Å². The lowest BCUT2D eigenvalue weighted by Gasteiger charge is -2.01. The Labute approximate surface area is 132 Å². The summed E-state index contributed by atoms with van der Waals surface area (Å²) in [4.78, 5) is 12.0. The number of carbonyl (C=O) groups is 1. The molecule has 0 spiro atoms. The molecule has 6 heteroatoms. The maximum Gasteiger partial charge on any atom is 0.322 e. The van der Waals surface area contributed by atoms with Crippen molar-refractivity contribution >= 4 is 11.9 Å². The van der Waals surface area contributed by atoms with E-state index in [1.54, 1.807) is 24.3 Å². The van der Waals surface area contributed by atoms with E-state index >= 15 is 0 Å². The monoisotopic (exact) mass is 311 g/mol. The Hall–Kier alpha value is -3.02. The van der Waals surface area contributed by atoms with Gasteiger partial charge in [-0.1, -0.05) is 34.9 Å². The topological polar surface area (TPSA) is 68.0 Å². The quantitative estimate of drug-likeness (QED) is 0.802. The molecule has 0 bridgehead atoms. The third-order valence-corrected chi connectivity index (χ3v) is 3.27. The Morgan fingerprint density at radius 2 is 1.78 bits per heavy atom. The van der Waals surface area contributed by atoms with Gasteiger partial charge < -0.3 is 4.42 Å². The van der Waals surface area contributed by atoms with E-state index in [1.165, 1.54) is 12.1 Å². The highest BCUT2D eigenvalue weighted by molar-refractivity contribution is 6.03. The molecule has 0 aliphatic rings. The number of rotatable bonds is 4. The van der Waals surface area contributed by atoms with Crippen molar-refractivity contribution in [3.05, 3.63) is 76.9 Å². The second-order valence-corrected chi connectivity index (χ2v) is 5.12. The third-order valence-electron chi connectivity index (χ3n) is 3.27. The molecule has 5 nitrogen and oxygen atoms in total. The number of nitrogens with zero attached hydrogens (tertiary/aromatic N) is 2. The summed E-state index contributed by atoms with van der Waals surface area (Å²) in [5.41, 5.74) is 2.42. The number of aromatic nitrogens is 2. The van der Waals surface area contributed by atoms with Crippen molar-refractivity contribution in [1.29, 1.82) is 0 Å². The lowest BCUT2D eigenvalue weighted by atomic mass is 10.1. The molecule has 116 valence electrons. The Kier molecular flexibility index (Phi) is 4.14. The van der Waals surface area contributed by atoms with Crippen LogP contribution in [0.5, 0.6) is 0 Å². The van der Waals surface area contributed by atoms with E-state index in [1.807, 2.05) is 19.1 Å². The summed E-state index contributed by atoms with van der Waals surface area (Å²) >= 11 is 0. The fourth-order valence-corrected chi connectivity index (χ4v) is 2.03. The number of amides is 1. The van der Waals surface area contributed by atoms with Crippen molar-refractivity contribution in [2.24, 2.45) is 0 Å². The highest BCUT2D eigenvalue weighted by Crippen LogP contribution is 2.13. The maximum absolute atomic E-state index is 12.9. The molecule has 1 aromatic heterocycles. The molecule has 0 atom stereocenters. The maximum atomic E-state index is 12.9. The number of nitrogens with one attached hydrogen (secondary N) is 1. The highest BCUT2D eigenvalue weighted by atomic mass is 19.1. The second kappa shape index (κ2) is 6.39. The van der Waals surface area contributed by atoms with Crippen LogP contribution in [0.25, 0.3) is 0 Å². The molecule has 2 aromatic carbocycles. The Balaban J connectivity index is 1.66. The summed E-state index contributed by atoms with van der Waals surface area (Å²) in [7, 11) is 0. The van der Waals surface area contributed by atoms with E-state index in [0.717, 1.165) is 11.1 Å². The first-order chi connectivity index (χ1) is 11.1. The average Bonchev–Trinajstić information content (AvgIpc) is 2.97. The van der Waals surface area contributed by atoms with E-state index in [9.17, 15) is 9.18 Å². The lowest BCUT2D eigenvalue weighted by molar-refractivity contribution is 0.102. The van der Waals surface area contributed by atoms with Gasteiger partial charge in [-0.3, -0.25) is 10.1 Å². The minimum atomic E-state index is -0.318. The number of benzene rings is 2. The summed E-state index contributed by atoms with van der Waals surface area (Å²) in [5.74, 6) is -0.275. The van der Waals surface area contributed by atoms with Crippen LogP contribution in [0.1, 0.15) is 27.4 Å². The van der Waals surface area contributed by atoms with Crippen molar-refractivity contribution in [3.63, 3.8) is 0 Å². The smallest absolute Gasteiger partial charge is 0.322 e. The summed E-state index contributed by atoms with van der Waals surface area (Å²) < 4.78 is 18.2. The van der Waals surface area contributed by atoms with Gasteiger partial charge in [0.15, 0.2) is 0 Å². The molecule has 0 radical (unpaired) electrons. The fourth-order valence-electron chi connectivity index (χ4n) is 2.03. The lowest BCUT2D eigenvalue weighted by Crippen LogP contribution is -2.11. The SMILES string of the molecule is Cc1ccc(C(=O)Nc2nnc(Cc3ccc(F)cc3)o2)cc1. The standard InChI is InChI=1S/C17H14FN3O2/c1-11-2-6-13(7-3-11)16(22)19-17-21-20-15(23-17)10-12-4-8-14(18)9-5-12/h2-9H,10H2,1H3,(H,19,21,22). The minimum Gasteiger partial charge on any atom is -0.407 e. The molecule has 0 aliphatic heterocycles. The molecule has 0 aliphatic carbocycles. The number of anilines is 1. The summed E-state index contributed by atoms with van der Waals surface area (Å²) in [6.07, 6.45) is 0.369. The Morgan fingerprint density at radius 3 is 2.48 bits per heavy atom. The first-order valence-electron chi connectivity index (χ1n) is 7.05. The molecule has 1 N–H and O–H groups in total. The van der Waals surface area contributed by atoms with E-state index in [2.05, 4.69) is 15.5 Å². The zero-order chi connectivity index (χ0) is 16.2. The molecule has 0 unspecified atom stereocenters. The Morgan fingerprint density at radius 1 is 1.09 bits per heavy atom. The van der Waals surface area contributed by atoms with Crippen molar-refractivity contribution in [2.45, 2.75) is 13.3 Å². The molecule has 1 amide bonds. The van der Waals surface area contributed by atoms with Crippen LogP contribution in [-0.2, 0) is 6.42 Å². The van der Waals surface area contributed by atoms with Crippen LogP contribution in [0.2, 0.25) is 0 Å². The molecule has 1 heterocycles. The first-order valence-corrected chi connectivity index (χ1v) is 7.05. The van der Waals surface area contributed by atoms with Crippen LogP contribution in [0.3, 0.4) is 0 Å². The van der Waals surface area contributed by atoms with Crippen LogP contribution in [0, 0.1) is 12.7 Å². The van der Waals surface area contributed by atoms with Crippen molar-refractivity contribution in [2.75, 3.05) is 5.32 Å². The van der Waals surface area contributed by atoms with Crippen LogP contribution < -0.4 is 5.32 Å². The Bertz CT molecular complexity index is 811. The molecule has 23 heavy (non-hydrogen) atoms. The summed E-state index contributed by atoms with van der Waals surface area (Å²) in [6, 6.07) is 13.2. The molecular weight excluding hydrogens is 297 g/mol. The van der Waals surface area contributed by atoms with Crippen LogP contribution >= 0.6 is 0 Å². The molecule has 3 rings (SSSR count). The molecule has 0 fully saturated rings. The summed E-state index contributed by atoms with van der Waals surface area (Å²) in [6.45, 7) is 1.95. The van der Waals surface area contributed by atoms with E-state index < -0.39 is 0 Å². The molecular formula is C17H14FN3O2. The van der Waals surface area contributed by atoms with Gasteiger partial charge in [0, 0.05) is 5.56 Å². The number of hydrogen-bond acceptors (Lipinski definition) is 4. The largest absolute Gasteiger partial charge is 0.407 e. The molecule has 0 saturated carbocycles. The van der Waals surface area contributed by atoms with Gasteiger partial charge in [0.25, 0.3) is 5.91 Å². The van der Waals surface area contributed by atoms with E-state index in [0.29, 0.717) is 17.9 Å². The average molecular weight is 311 g/mol. The summed E-state index contributed by atoms with van der Waals surface area (Å²) in [5, 5.41) is 10.2. The zero-order valence-electron chi connectivity index (χ0n) is 12.4. The van der Waals surface area contributed by atoms with Gasteiger partial charge in [0.2, 0.25) is 5.89 Å². The van der Waals surface area contributed by atoms with Crippen molar-refractivity contribution < 1.29 is 13.6 Å². The van der Waals surface area contributed by atoms with Gasteiger partial charge >= 0.3 is 6.01 Å². The van der Waals surface area contributed by atoms with Crippen molar-refractivity contribution in [1.82, 2.24) is 10.2 Å². The van der Waals surface area contributed by atoms with Gasteiger partial charge in [0.1, 0.15) is 5.82 Å². The minimum absolute atomic E-state index is 0.0349. The number of aryl methyl sites for hydroxylation is 1. The van der Waals surface area contributed by atoms with Crippen LogP contribution in [0.15, 0.2) is 52.9 Å². The first kappa shape index (κ1) is 14.9.